The number of rotatable bonds is 3. The third-order valence-electron chi connectivity index (χ3n) is 2.04. The highest BCUT2D eigenvalue weighted by atomic mass is 16.3. The summed E-state index contributed by atoms with van der Waals surface area (Å²) in [6, 6.07) is 6.71. The first-order chi connectivity index (χ1) is 7.29. The quantitative estimate of drug-likeness (QED) is 0.798. The van der Waals surface area contributed by atoms with Gasteiger partial charge in [-0.25, -0.2) is 4.98 Å². The molecule has 0 amide bonds. The second-order valence-corrected chi connectivity index (χ2v) is 3.15. The minimum atomic E-state index is 0.0233. The number of aromatic nitrogens is 1. The lowest BCUT2D eigenvalue weighted by Crippen LogP contribution is -1.90. The molecule has 0 aliphatic carbocycles. The Morgan fingerprint density at radius 2 is 1.93 bits per heavy atom. The second-order valence-electron chi connectivity index (χ2n) is 3.15. The van der Waals surface area contributed by atoms with E-state index in [1.807, 2.05) is 0 Å². The van der Waals surface area contributed by atoms with Crippen molar-refractivity contribution in [2.75, 3.05) is 6.61 Å². The van der Waals surface area contributed by atoms with Crippen LogP contribution in [0.1, 0.15) is 5.89 Å². The van der Waals surface area contributed by atoms with E-state index in [1.165, 1.54) is 6.26 Å². The summed E-state index contributed by atoms with van der Waals surface area (Å²) < 4.78 is 5.16. The van der Waals surface area contributed by atoms with Crippen molar-refractivity contribution in [3.05, 3.63) is 36.4 Å². The van der Waals surface area contributed by atoms with Crippen LogP contribution in [0.4, 0.5) is 0 Å². The molecular weight excluding hydrogens is 194 g/mol. The first-order valence-electron chi connectivity index (χ1n) is 4.64. The van der Waals surface area contributed by atoms with Crippen molar-refractivity contribution < 1.29 is 14.6 Å². The fraction of sp³-hybridized carbons (Fsp3) is 0.182. The number of hydrogen-bond acceptors (Lipinski definition) is 4. The van der Waals surface area contributed by atoms with Gasteiger partial charge in [0.05, 0.1) is 6.61 Å². The summed E-state index contributed by atoms with van der Waals surface area (Å²) in [5.41, 5.74) is 1.58. The average molecular weight is 205 g/mol. The van der Waals surface area contributed by atoms with Crippen LogP contribution in [0, 0.1) is 0 Å². The molecule has 0 saturated carbocycles. The van der Waals surface area contributed by atoms with Gasteiger partial charge in [0, 0.05) is 12.0 Å². The Morgan fingerprint density at radius 1 is 1.20 bits per heavy atom. The highest BCUT2D eigenvalue weighted by Crippen LogP contribution is 2.21. The molecule has 0 bridgehead atoms. The Kier molecular flexibility index (Phi) is 2.69. The minimum absolute atomic E-state index is 0.0233. The number of benzene rings is 1. The molecule has 0 saturated heterocycles. The monoisotopic (exact) mass is 205 g/mol. The van der Waals surface area contributed by atoms with Crippen LogP contribution in [0.15, 0.2) is 34.9 Å². The van der Waals surface area contributed by atoms with Crippen molar-refractivity contribution in [1.82, 2.24) is 4.98 Å². The zero-order chi connectivity index (χ0) is 10.7. The highest BCUT2D eigenvalue weighted by molar-refractivity contribution is 5.58. The Labute approximate surface area is 86.8 Å². The molecule has 1 aromatic carbocycles. The van der Waals surface area contributed by atoms with Gasteiger partial charge < -0.3 is 14.6 Å². The second kappa shape index (κ2) is 4.14. The lowest BCUT2D eigenvalue weighted by Gasteiger charge is -1.95. The number of aliphatic hydroxyl groups excluding tert-OH is 1. The fourth-order valence-corrected chi connectivity index (χ4v) is 1.29. The summed E-state index contributed by atoms with van der Waals surface area (Å²) in [5.74, 6) is 0.735. The number of nitrogens with zero attached hydrogens (tertiary/aromatic N) is 1. The molecule has 2 rings (SSSR count). The van der Waals surface area contributed by atoms with Crippen molar-refractivity contribution in [2.45, 2.75) is 6.42 Å². The summed E-state index contributed by atoms with van der Waals surface area (Å²) >= 11 is 0. The Balaban J connectivity index is 2.25. The molecule has 2 aromatic rings. The van der Waals surface area contributed by atoms with Crippen molar-refractivity contribution in [3.8, 4) is 17.0 Å². The summed E-state index contributed by atoms with van der Waals surface area (Å²) in [6.45, 7) is 0.0233. The van der Waals surface area contributed by atoms with Crippen molar-refractivity contribution in [3.63, 3.8) is 0 Å². The molecule has 1 heterocycles. The maximum absolute atomic E-state index is 9.12. The molecule has 0 atom stereocenters. The smallest absolute Gasteiger partial charge is 0.196 e. The molecule has 4 nitrogen and oxygen atoms in total. The van der Waals surface area contributed by atoms with Gasteiger partial charge in [-0.2, -0.15) is 0 Å². The molecule has 0 aliphatic rings. The number of aromatic hydroxyl groups is 1. The first-order valence-corrected chi connectivity index (χ1v) is 4.64. The molecule has 2 N–H and O–H groups in total. The van der Waals surface area contributed by atoms with Gasteiger partial charge in [-0.15, -0.1) is 0 Å². The standard InChI is InChI=1S/C11H11NO3/c13-6-5-11-12-10(7-15-11)8-1-3-9(14)4-2-8/h1-4,7,13-14H,5-6H2. The molecule has 1 aromatic heterocycles. The van der Waals surface area contributed by atoms with Gasteiger partial charge in [0.1, 0.15) is 17.7 Å². The number of phenols is 1. The van der Waals surface area contributed by atoms with Gasteiger partial charge >= 0.3 is 0 Å². The number of aliphatic hydroxyl groups is 1. The van der Waals surface area contributed by atoms with Gasteiger partial charge in [-0.05, 0) is 24.3 Å². The summed E-state index contributed by atoms with van der Waals surface area (Å²) in [4.78, 5) is 4.19. The van der Waals surface area contributed by atoms with Gasteiger partial charge in [0.2, 0.25) is 0 Å². The van der Waals surface area contributed by atoms with E-state index in [0.717, 1.165) is 5.56 Å². The van der Waals surface area contributed by atoms with Crippen LogP contribution in [0.5, 0.6) is 5.75 Å². The summed E-state index contributed by atoms with van der Waals surface area (Å²) in [5, 5.41) is 17.8. The van der Waals surface area contributed by atoms with Crippen LogP contribution in [0.2, 0.25) is 0 Å². The Bertz CT molecular complexity index is 433. The lowest BCUT2D eigenvalue weighted by atomic mass is 10.2. The van der Waals surface area contributed by atoms with E-state index < -0.39 is 0 Å². The predicted octanol–water partition coefficient (Wildman–Crippen LogP) is 1.58. The van der Waals surface area contributed by atoms with Gasteiger partial charge in [0.25, 0.3) is 0 Å². The van der Waals surface area contributed by atoms with Gasteiger partial charge in [0.15, 0.2) is 5.89 Å². The van der Waals surface area contributed by atoms with E-state index in [2.05, 4.69) is 4.98 Å². The largest absolute Gasteiger partial charge is 0.508 e. The molecular formula is C11H11NO3. The molecule has 0 aliphatic heterocycles. The third-order valence-corrected chi connectivity index (χ3v) is 2.04. The zero-order valence-corrected chi connectivity index (χ0v) is 8.05. The molecule has 4 heteroatoms. The number of oxazole rings is 1. The van der Waals surface area contributed by atoms with Gasteiger partial charge in [-0.3, -0.25) is 0 Å². The maximum atomic E-state index is 9.12. The normalized spacial score (nSPS) is 10.5. The highest BCUT2D eigenvalue weighted by Gasteiger charge is 2.05. The van der Waals surface area contributed by atoms with E-state index in [9.17, 15) is 0 Å². The molecule has 78 valence electrons. The SMILES string of the molecule is OCCc1nc(-c2ccc(O)cc2)co1. The Hall–Kier alpha value is -1.81. The molecule has 0 fully saturated rings. The molecule has 0 spiro atoms. The Morgan fingerprint density at radius 3 is 2.60 bits per heavy atom. The van der Waals surface area contributed by atoms with Crippen LogP contribution in [0.25, 0.3) is 11.3 Å². The van der Waals surface area contributed by atoms with Crippen LogP contribution in [0.3, 0.4) is 0 Å². The van der Waals surface area contributed by atoms with Crippen molar-refractivity contribution >= 4 is 0 Å². The first kappa shape index (κ1) is 9.73. The molecule has 15 heavy (non-hydrogen) atoms. The van der Waals surface area contributed by atoms with Crippen molar-refractivity contribution in [1.29, 1.82) is 0 Å². The van der Waals surface area contributed by atoms with Crippen LogP contribution >= 0.6 is 0 Å². The predicted molar refractivity (Wildman–Crippen MR) is 54.4 cm³/mol. The van der Waals surface area contributed by atoms with Crippen LogP contribution in [-0.4, -0.2) is 21.8 Å². The fourth-order valence-electron chi connectivity index (χ4n) is 1.29. The number of phenolic OH excluding ortho intramolecular Hbond substituents is 1. The molecule has 0 unspecified atom stereocenters. The van der Waals surface area contributed by atoms with E-state index >= 15 is 0 Å². The van der Waals surface area contributed by atoms with Crippen molar-refractivity contribution in [2.24, 2.45) is 0 Å². The zero-order valence-electron chi connectivity index (χ0n) is 8.05. The molecule has 0 radical (unpaired) electrons. The van der Waals surface area contributed by atoms with Gasteiger partial charge in [-0.1, -0.05) is 0 Å². The summed E-state index contributed by atoms with van der Waals surface area (Å²) in [6.07, 6.45) is 1.95. The van der Waals surface area contributed by atoms with E-state index in [1.54, 1.807) is 24.3 Å². The minimum Gasteiger partial charge on any atom is -0.508 e. The number of hydrogen-bond donors (Lipinski definition) is 2. The van der Waals surface area contributed by atoms with Crippen LogP contribution < -0.4 is 0 Å². The van der Waals surface area contributed by atoms with E-state index in [4.69, 9.17) is 14.6 Å². The van der Waals surface area contributed by atoms with E-state index in [-0.39, 0.29) is 12.4 Å². The average Bonchev–Trinajstić information content (AvgIpc) is 2.68. The van der Waals surface area contributed by atoms with Crippen LogP contribution in [-0.2, 0) is 6.42 Å². The lowest BCUT2D eigenvalue weighted by molar-refractivity contribution is 0.285. The van der Waals surface area contributed by atoms with E-state index in [0.29, 0.717) is 18.0 Å². The maximum Gasteiger partial charge on any atom is 0.196 e. The third kappa shape index (κ3) is 2.16. The topological polar surface area (TPSA) is 66.5 Å². The summed E-state index contributed by atoms with van der Waals surface area (Å²) in [7, 11) is 0.